The van der Waals surface area contributed by atoms with Gasteiger partial charge in [0.15, 0.2) is 0 Å². The van der Waals surface area contributed by atoms with Gasteiger partial charge in [0.25, 0.3) is 0 Å². The average Bonchev–Trinajstić information content (AvgIpc) is 2.10. The number of hydrogen-bond acceptors (Lipinski definition) is 3. The fraction of sp³-hybridized carbons (Fsp3) is 0.889. The van der Waals surface area contributed by atoms with Crippen LogP contribution in [0.3, 0.4) is 0 Å². The summed E-state index contributed by atoms with van der Waals surface area (Å²) in [7, 11) is 1.63. The number of carboxylic acids is 1. The maximum atomic E-state index is 10.8. The van der Waals surface area contributed by atoms with Crippen LogP contribution in [0.2, 0.25) is 7.93 Å². The topological polar surface area (TPSA) is 55.8 Å². The van der Waals surface area contributed by atoms with Gasteiger partial charge < -0.3 is 0 Å². The summed E-state index contributed by atoms with van der Waals surface area (Å²) in [5.74, 6) is -0.697. The quantitative estimate of drug-likeness (QED) is 0.537. The minimum atomic E-state index is -0.697. The standard InChI is InChI=1S/C9H18O4Te/c1-9(2,8(10)11)14-7-6-13-5-4-12-3/h4-7H2,1-3H3,(H,10,11). The van der Waals surface area contributed by atoms with Crippen LogP contribution >= 0.6 is 0 Å². The molecular weight excluding hydrogens is 300 g/mol. The Morgan fingerprint density at radius 1 is 1.36 bits per heavy atom. The predicted octanol–water partition coefficient (Wildman–Crippen LogP) is 1.05. The number of hydrogen-bond donors (Lipinski definition) is 1. The molecule has 0 spiro atoms. The molecule has 0 heterocycles. The van der Waals surface area contributed by atoms with Crippen LogP contribution in [0.4, 0.5) is 0 Å². The molecule has 0 aliphatic carbocycles. The van der Waals surface area contributed by atoms with Crippen LogP contribution in [0.25, 0.3) is 0 Å². The van der Waals surface area contributed by atoms with E-state index in [-0.39, 0.29) is 0 Å². The van der Waals surface area contributed by atoms with Gasteiger partial charge in [-0.2, -0.15) is 0 Å². The molecule has 0 saturated heterocycles. The molecule has 0 unspecified atom stereocenters. The summed E-state index contributed by atoms with van der Waals surface area (Å²) in [5.41, 5.74) is 0. The van der Waals surface area contributed by atoms with Crippen LogP contribution in [0.1, 0.15) is 13.8 Å². The summed E-state index contributed by atoms with van der Waals surface area (Å²) in [5, 5.41) is 8.85. The first kappa shape index (κ1) is 14.2. The Kier molecular flexibility index (Phi) is 7.56. The zero-order valence-electron chi connectivity index (χ0n) is 8.91. The Morgan fingerprint density at radius 3 is 2.50 bits per heavy atom. The second kappa shape index (κ2) is 7.47. The third-order valence-electron chi connectivity index (χ3n) is 1.64. The molecule has 0 bridgehead atoms. The van der Waals surface area contributed by atoms with Gasteiger partial charge >= 0.3 is 95.0 Å². The zero-order valence-corrected chi connectivity index (χ0v) is 11.2. The van der Waals surface area contributed by atoms with Crippen molar-refractivity contribution in [3.8, 4) is 0 Å². The summed E-state index contributed by atoms with van der Waals surface area (Å²) < 4.78 is 10.5. The van der Waals surface area contributed by atoms with Gasteiger partial charge in [-0.15, -0.1) is 0 Å². The Morgan fingerprint density at radius 2 is 2.00 bits per heavy atom. The molecule has 0 aromatic carbocycles. The first-order chi connectivity index (χ1) is 6.50. The molecule has 1 N–H and O–H groups in total. The molecule has 0 amide bonds. The Bertz CT molecular complexity index is 170. The first-order valence-corrected chi connectivity index (χ1v) is 7.26. The SMILES string of the molecule is COCCOCC[Te]C(C)(C)C(=O)O. The van der Waals surface area contributed by atoms with Crippen LogP contribution in [-0.2, 0) is 14.3 Å². The van der Waals surface area contributed by atoms with Crippen LogP contribution in [0, 0.1) is 0 Å². The van der Waals surface area contributed by atoms with E-state index in [1.54, 1.807) is 21.0 Å². The molecule has 0 rings (SSSR count). The zero-order chi connectivity index (χ0) is 11.0. The van der Waals surface area contributed by atoms with E-state index in [1.807, 2.05) is 0 Å². The molecule has 0 fully saturated rings. The van der Waals surface area contributed by atoms with Gasteiger partial charge in [-0.1, -0.05) is 0 Å². The van der Waals surface area contributed by atoms with Gasteiger partial charge in [-0.05, 0) is 0 Å². The molecular formula is C9H18O4Te. The Labute approximate surface area is 95.0 Å². The van der Waals surface area contributed by atoms with Crippen molar-refractivity contribution in [2.45, 2.75) is 21.8 Å². The summed E-state index contributed by atoms with van der Waals surface area (Å²) >= 11 is -0.528. The van der Waals surface area contributed by atoms with Crippen LogP contribution in [0.5, 0.6) is 0 Å². The van der Waals surface area contributed by atoms with E-state index in [0.717, 1.165) is 4.47 Å². The summed E-state index contributed by atoms with van der Waals surface area (Å²) in [6, 6.07) is 0. The third-order valence-corrected chi connectivity index (χ3v) is 5.25. The van der Waals surface area contributed by atoms with Crippen molar-refractivity contribution in [1.29, 1.82) is 0 Å². The molecule has 0 aromatic rings. The Hall–Kier alpha value is 0.180. The summed E-state index contributed by atoms with van der Waals surface area (Å²) in [6.07, 6.45) is 0. The van der Waals surface area contributed by atoms with E-state index >= 15 is 0 Å². The van der Waals surface area contributed by atoms with Crippen molar-refractivity contribution in [2.75, 3.05) is 26.9 Å². The molecule has 0 aliphatic heterocycles. The number of methoxy groups -OCH3 is 1. The summed E-state index contributed by atoms with van der Waals surface area (Å²) in [6.45, 7) is 5.42. The van der Waals surface area contributed by atoms with Gasteiger partial charge in [0, 0.05) is 0 Å². The monoisotopic (exact) mass is 320 g/mol. The molecule has 5 heteroatoms. The van der Waals surface area contributed by atoms with Crippen molar-refractivity contribution in [3.63, 3.8) is 0 Å². The van der Waals surface area contributed by atoms with Gasteiger partial charge in [0.2, 0.25) is 0 Å². The molecule has 0 atom stereocenters. The molecule has 0 aliphatic rings. The van der Waals surface area contributed by atoms with E-state index in [1.165, 1.54) is 0 Å². The van der Waals surface area contributed by atoms with E-state index in [4.69, 9.17) is 14.6 Å². The molecule has 0 radical (unpaired) electrons. The maximum absolute atomic E-state index is 10.8. The molecule has 0 saturated carbocycles. The third kappa shape index (κ3) is 6.61. The second-order valence-electron chi connectivity index (χ2n) is 3.27. The van der Waals surface area contributed by atoms with Crippen molar-refractivity contribution in [3.05, 3.63) is 0 Å². The van der Waals surface area contributed by atoms with Crippen LogP contribution in [0.15, 0.2) is 0 Å². The van der Waals surface area contributed by atoms with Crippen molar-refractivity contribution in [2.24, 2.45) is 0 Å². The average molecular weight is 318 g/mol. The van der Waals surface area contributed by atoms with Crippen LogP contribution < -0.4 is 0 Å². The number of ether oxygens (including phenoxy) is 2. The van der Waals surface area contributed by atoms with Gasteiger partial charge in [-0.25, -0.2) is 0 Å². The first-order valence-electron chi connectivity index (χ1n) is 4.44. The van der Waals surface area contributed by atoms with E-state index < -0.39 is 30.4 Å². The number of rotatable bonds is 8. The van der Waals surface area contributed by atoms with Crippen molar-refractivity contribution in [1.82, 2.24) is 0 Å². The van der Waals surface area contributed by atoms with E-state index in [2.05, 4.69) is 0 Å². The van der Waals surface area contributed by atoms with Gasteiger partial charge in [0.05, 0.1) is 0 Å². The fourth-order valence-corrected chi connectivity index (χ4v) is 3.04. The number of carboxylic acid groups (broad SMARTS) is 1. The predicted molar refractivity (Wildman–Crippen MR) is 54.9 cm³/mol. The number of aliphatic carboxylic acids is 1. The van der Waals surface area contributed by atoms with Crippen molar-refractivity contribution >= 4 is 26.9 Å². The fourth-order valence-electron chi connectivity index (χ4n) is 0.662. The molecule has 0 aromatic heterocycles. The molecule has 4 nitrogen and oxygen atoms in total. The van der Waals surface area contributed by atoms with E-state index in [9.17, 15) is 4.79 Å². The van der Waals surface area contributed by atoms with Crippen LogP contribution in [-0.4, -0.2) is 58.9 Å². The summed E-state index contributed by atoms with van der Waals surface area (Å²) in [4.78, 5) is 10.8. The minimum absolute atomic E-state index is 0.518. The van der Waals surface area contributed by atoms with Crippen molar-refractivity contribution < 1.29 is 19.4 Å². The molecule has 84 valence electrons. The van der Waals surface area contributed by atoms with Gasteiger partial charge in [-0.3, -0.25) is 0 Å². The normalized spacial score (nSPS) is 11.6. The second-order valence-corrected chi connectivity index (χ2v) is 8.17. The Balaban J connectivity index is 3.40. The van der Waals surface area contributed by atoms with E-state index in [0.29, 0.717) is 19.8 Å². The van der Waals surface area contributed by atoms with Gasteiger partial charge in [0.1, 0.15) is 0 Å². The number of carbonyl (C=O) groups is 1. The molecule has 14 heavy (non-hydrogen) atoms.